The van der Waals surface area contributed by atoms with E-state index in [1.165, 1.54) is 11.1 Å². The van der Waals surface area contributed by atoms with Crippen molar-refractivity contribution in [2.45, 2.75) is 32.8 Å². The maximum Gasteiger partial charge on any atom is 0.233 e. The summed E-state index contributed by atoms with van der Waals surface area (Å²) in [5.74, 6) is 1.47. The summed E-state index contributed by atoms with van der Waals surface area (Å²) in [5, 5.41) is 9.81. The number of aryl methyl sites for hydroxylation is 2. The Morgan fingerprint density at radius 2 is 1.31 bits per heavy atom. The first-order chi connectivity index (χ1) is 14.1. The largest absolute Gasteiger partial charge is 0.376 e. The number of benzene rings is 2. The number of aromatic nitrogens is 3. The third kappa shape index (κ3) is 5.42. The number of hydrogen-bond donors (Lipinski definition) is 3. The molecule has 1 saturated heterocycles. The van der Waals surface area contributed by atoms with Crippen molar-refractivity contribution < 1.29 is 4.74 Å². The van der Waals surface area contributed by atoms with E-state index in [1.807, 2.05) is 48.5 Å². The molecule has 0 unspecified atom stereocenters. The molecule has 2 aromatic carbocycles. The third-order valence-corrected chi connectivity index (χ3v) is 4.76. The van der Waals surface area contributed by atoms with Gasteiger partial charge >= 0.3 is 0 Å². The van der Waals surface area contributed by atoms with Crippen LogP contribution in [0.1, 0.15) is 24.0 Å². The van der Waals surface area contributed by atoms with Gasteiger partial charge in [-0.1, -0.05) is 35.4 Å². The molecule has 3 aromatic rings. The summed E-state index contributed by atoms with van der Waals surface area (Å²) in [6, 6.07) is 16.2. The lowest BCUT2D eigenvalue weighted by Crippen LogP contribution is -2.20. The minimum absolute atomic E-state index is 0.203. The summed E-state index contributed by atoms with van der Waals surface area (Å²) in [5.41, 5.74) is 4.25. The average molecular weight is 390 g/mol. The van der Waals surface area contributed by atoms with Gasteiger partial charge in [0.05, 0.1) is 6.10 Å². The number of ether oxygens (including phenoxy) is 1. The van der Waals surface area contributed by atoms with E-state index in [1.54, 1.807) is 0 Å². The zero-order valence-corrected chi connectivity index (χ0v) is 16.8. The van der Waals surface area contributed by atoms with Crippen LogP contribution in [-0.4, -0.2) is 34.2 Å². The van der Waals surface area contributed by atoms with Crippen LogP contribution in [0.4, 0.5) is 29.2 Å². The Balaban J connectivity index is 1.55. The highest BCUT2D eigenvalue weighted by molar-refractivity contribution is 5.59. The lowest BCUT2D eigenvalue weighted by atomic mass is 10.2. The highest BCUT2D eigenvalue weighted by atomic mass is 16.5. The fourth-order valence-corrected chi connectivity index (χ4v) is 3.11. The van der Waals surface area contributed by atoms with E-state index in [2.05, 4.69) is 44.7 Å². The van der Waals surface area contributed by atoms with E-state index >= 15 is 0 Å². The first-order valence-corrected chi connectivity index (χ1v) is 9.93. The van der Waals surface area contributed by atoms with Crippen molar-refractivity contribution in [1.29, 1.82) is 0 Å². The Labute approximate surface area is 171 Å². The maximum atomic E-state index is 5.68. The molecule has 1 atom stereocenters. The molecule has 0 saturated carbocycles. The molecule has 3 N–H and O–H groups in total. The molecule has 150 valence electrons. The van der Waals surface area contributed by atoms with Crippen LogP contribution in [0.15, 0.2) is 48.5 Å². The molecule has 0 aliphatic carbocycles. The highest BCUT2D eigenvalue weighted by Crippen LogP contribution is 2.20. The second-order valence-electron chi connectivity index (χ2n) is 7.30. The Morgan fingerprint density at radius 3 is 1.79 bits per heavy atom. The quantitative estimate of drug-likeness (QED) is 0.545. The molecule has 1 aromatic heterocycles. The van der Waals surface area contributed by atoms with Crippen molar-refractivity contribution in [2.75, 3.05) is 29.1 Å². The predicted octanol–water partition coefficient (Wildman–Crippen LogP) is 4.57. The number of nitrogens with one attached hydrogen (secondary N) is 3. The van der Waals surface area contributed by atoms with Crippen LogP contribution in [0.25, 0.3) is 0 Å². The van der Waals surface area contributed by atoms with Crippen molar-refractivity contribution in [3.05, 3.63) is 59.7 Å². The minimum atomic E-state index is 0.203. The molecule has 7 heteroatoms. The van der Waals surface area contributed by atoms with Gasteiger partial charge in [0.2, 0.25) is 17.8 Å². The molecule has 0 radical (unpaired) electrons. The van der Waals surface area contributed by atoms with E-state index in [0.717, 1.165) is 30.8 Å². The molecule has 0 bridgehead atoms. The first kappa shape index (κ1) is 19.1. The number of rotatable bonds is 7. The molecule has 0 amide bonds. The van der Waals surface area contributed by atoms with Gasteiger partial charge in [0, 0.05) is 24.5 Å². The zero-order chi connectivity index (χ0) is 20.1. The molecule has 0 spiro atoms. The molecule has 7 nitrogen and oxygen atoms in total. The summed E-state index contributed by atoms with van der Waals surface area (Å²) in [7, 11) is 0. The summed E-state index contributed by atoms with van der Waals surface area (Å²) >= 11 is 0. The van der Waals surface area contributed by atoms with Crippen molar-refractivity contribution in [3.8, 4) is 0 Å². The van der Waals surface area contributed by atoms with Crippen LogP contribution in [0.3, 0.4) is 0 Å². The summed E-state index contributed by atoms with van der Waals surface area (Å²) < 4.78 is 5.68. The highest BCUT2D eigenvalue weighted by Gasteiger charge is 2.16. The standard InChI is InChI=1S/C22H26N6O/c1-15-5-9-17(10-6-15)24-21-26-20(23-14-19-4-3-13-29-19)27-22(28-21)25-18-11-7-16(2)8-12-18/h5-12,19H,3-4,13-14H2,1-2H3,(H3,23,24,25,26,27,28)/t19-/m1/s1. The Morgan fingerprint density at radius 1 is 0.793 bits per heavy atom. The van der Waals surface area contributed by atoms with Gasteiger partial charge in [0.15, 0.2) is 0 Å². The topological polar surface area (TPSA) is 84.0 Å². The van der Waals surface area contributed by atoms with Gasteiger partial charge < -0.3 is 20.7 Å². The second kappa shape index (κ2) is 8.87. The van der Waals surface area contributed by atoms with Crippen LogP contribution in [-0.2, 0) is 4.74 Å². The van der Waals surface area contributed by atoms with Crippen molar-refractivity contribution in [1.82, 2.24) is 15.0 Å². The van der Waals surface area contributed by atoms with E-state index in [-0.39, 0.29) is 6.10 Å². The summed E-state index contributed by atoms with van der Waals surface area (Å²) in [6.45, 7) is 5.62. The van der Waals surface area contributed by atoms with Crippen molar-refractivity contribution >= 4 is 29.2 Å². The maximum absolute atomic E-state index is 5.68. The van der Waals surface area contributed by atoms with E-state index in [0.29, 0.717) is 24.4 Å². The number of hydrogen-bond acceptors (Lipinski definition) is 7. The van der Waals surface area contributed by atoms with Crippen LogP contribution >= 0.6 is 0 Å². The lowest BCUT2D eigenvalue weighted by molar-refractivity contribution is 0.120. The minimum Gasteiger partial charge on any atom is -0.376 e. The Hall–Kier alpha value is -3.19. The Kier molecular flexibility index (Phi) is 5.86. The van der Waals surface area contributed by atoms with Gasteiger partial charge in [-0.15, -0.1) is 0 Å². The molecule has 1 aliphatic rings. The van der Waals surface area contributed by atoms with Gasteiger partial charge in [-0.05, 0) is 51.0 Å². The molecule has 1 fully saturated rings. The van der Waals surface area contributed by atoms with Gasteiger partial charge in [-0.3, -0.25) is 0 Å². The fourth-order valence-electron chi connectivity index (χ4n) is 3.11. The third-order valence-electron chi connectivity index (χ3n) is 4.76. The van der Waals surface area contributed by atoms with E-state index < -0.39 is 0 Å². The SMILES string of the molecule is Cc1ccc(Nc2nc(NC[C@H]3CCCO3)nc(Nc3ccc(C)cc3)n2)cc1. The molecular weight excluding hydrogens is 364 g/mol. The van der Waals surface area contributed by atoms with Crippen molar-refractivity contribution in [3.63, 3.8) is 0 Å². The van der Waals surface area contributed by atoms with Crippen molar-refractivity contribution in [2.24, 2.45) is 0 Å². The van der Waals surface area contributed by atoms with Gasteiger partial charge in [0.25, 0.3) is 0 Å². The van der Waals surface area contributed by atoms with Crippen LogP contribution < -0.4 is 16.0 Å². The molecule has 4 rings (SSSR count). The molecule has 1 aliphatic heterocycles. The van der Waals surface area contributed by atoms with Crippen LogP contribution in [0, 0.1) is 13.8 Å². The van der Waals surface area contributed by atoms with Gasteiger partial charge in [-0.2, -0.15) is 15.0 Å². The second-order valence-corrected chi connectivity index (χ2v) is 7.30. The Bertz CT molecular complexity index is 871. The molecule has 2 heterocycles. The predicted molar refractivity (Wildman–Crippen MR) is 116 cm³/mol. The smallest absolute Gasteiger partial charge is 0.233 e. The van der Waals surface area contributed by atoms with E-state index in [4.69, 9.17) is 4.74 Å². The first-order valence-electron chi connectivity index (χ1n) is 9.93. The molecule has 29 heavy (non-hydrogen) atoms. The fraction of sp³-hybridized carbons (Fsp3) is 0.318. The monoisotopic (exact) mass is 390 g/mol. The van der Waals surface area contributed by atoms with Crippen LogP contribution in [0.5, 0.6) is 0 Å². The average Bonchev–Trinajstić information content (AvgIpc) is 3.24. The summed E-state index contributed by atoms with van der Waals surface area (Å²) in [4.78, 5) is 13.6. The number of nitrogens with zero attached hydrogens (tertiary/aromatic N) is 3. The molecular formula is C22H26N6O. The van der Waals surface area contributed by atoms with Gasteiger partial charge in [0.1, 0.15) is 0 Å². The van der Waals surface area contributed by atoms with E-state index in [9.17, 15) is 0 Å². The lowest BCUT2D eigenvalue weighted by Gasteiger charge is -2.13. The number of anilines is 5. The summed E-state index contributed by atoms with van der Waals surface area (Å²) in [6.07, 6.45) is 2.36. The zero-order valence-electron chi connectivity index (χ0n) is 16.8. The van der Waals surface area contributed by atoms with Crippen LogP contribution in [0.2, 0.25) is 0 Å². The normalized spacial score (nSPS) is 15.9. The van der Waals surface area contributed by atoms with Gasteiger partial charge in [-0.25, -0.2) is 0 Å².